The predicted octanol–water partition coefficient (Wildman–Crippen LogP) is 4.40. The molecule has 0 aliphatic heterocycles. The van der Waals surface area contributed by atoms with Gasteiger partial charge < -0.3 is 10.1 Å². The third kappa shape index (κ3) is 5.68. The van der Waals surface area contributed by atoms with E-state index in [0.717, 1.165) is 5.56 Å². The van der Waals surface area contributed by atoms with E-state index in [0.29, 0.717) is 28.8 Å². The summed E-state index contributed by atoms with van der Waals surface area (Å²) in [5.74, 6) is -0.560. The molecule has 0 fully saturated rings. The van der Waals surface area contributed by atoms with Crippen LogP contribution in [-0.4, -0.2) is 20.9 Å². The molecule has 0 saturated carbocycles. The maximum Gasteiger partial charge on any atom is 0.387 e. The van der Waals surface area contributed by atoms with Gasteiger partial charge in [-0.2, -0.15) is 8.78 Å². The Morgan fingerprint density at radius 1 is 1.06 bits per heavy atom. The highest BCUT2D eigenvalue weighted by Gasteiger charge is 2.18. The van der Waals surface area contributed by atoms with Crippen LogP contribution in [0, 0.1) is 13.8 Å². The van der Waals surface area contributed by atoms with Crippen LogP contribution in [0.1, 0.15) is 32.6 Å². The molecule has 0 saturated heterocycles. The Morgan fingerprint density at radius 3 is 2.38 bits per heavy atom. The number of aryl methyl sites for hydroxylation is 1. The van der Waals surface area contributed by atoms with Gasteiger partial charge in [0, 0.05) is 23.2 Å². The standard InChI is InChI=1S/C23H22F2N2O4S/c1-14-10-18(13-21(15(14)2)32(26,29)30)22(28)27-19-8-9-20(31-23(24)25)17(12-19)11-16-6-4-3-5-7-16/h3-10,12-13,23H,11H2,1-2H3,(H,27,28)(H2,26,29,30). The number of nitrogens with two attached hydrogens (primary N) is 1. The van der Waals surface area contributed by atoms with Crippen molar-refractivity contribution in [3.05, 3.63) is 88.5 Å². The summed E-state index contributed by atoms with van der Waals surface area (Å²) in [6.45, 7) is 0.293. The van der Waals surface area contributed by atoms with Gasteiger partial charge in [-0.1, -0.05) is 30.3 Å². The monoisotopic (exact) mass is 460 g/mol. The van der Waals surface area contributed by atoms with Crippen LogP contribution in [0.2, 0.25) is 0 Å². The predicted molar refractivity (Wildman–Crippen MR) is 118 cm³/mol. The first-order chi connectivity index (χ1) is 15.0. The zero-order valence-electron chi connectivity index (χ0n) is 17.4. The number of alkyl halides is 2. The molecule has 6 nitrogen and oxygen atoms in total. The van der Waals surface area contributed by atoms with Gasteiger partial charge in [-0.05, 0) is 60.9 Å². The third-order valence-corrected chi connectivity index (χ3v) is 6.00. The number of halogens is 2. The van der Waals surface area contributed by atoms with Crippen LogP contribution in [0.5, 0.6) is 5.75 Å². The molecule has 3 aromatic rings. The third-order valence-electron chi connectivity index (χ3n) is 4.96. The molecule has 32 heavy (non-hydrogen) atoms. The molecule has 0 aliphatic rings. The number of nitrogens with one attached hydrogen (secondary N) is 1. The maximum absolute atomic E-state index is 12.8. The molecule has 0 atom stereocenters. The molecular weight excluding hydrogens is 438 g/mol. The number of carbonyl (C=O) groups is 1. The Morgan fingerprint density at radius 2 is 1.75 bits per heavy atom. The van der Waals surface area contributed by atoms with Gasteiger partial charge in [-0.25, -0.2) is 13.6 Å². The van der Waals surface area contributed by atoms with E-state index in [9.17, 15) is 22.0 Å². The highest BCUT2D eigenvalue weighted by atomic mass is 32.2. The molecule has 3 N–H and O–H groups in total. The molecule has 0 aromatic heterocycles. The highest BCUT2D eigenvalue weighted by molar-refractivity contribution is 7.89. The fourth-order valence-corrected chi connectivity index (χ4v) is 4.16. The van der Waals surface area contributed by atoms with Gasteiger partial charge in [0.05, 0.1) is 4.90 Å². The highest BCUT2D eigenvalue weighted by Crippen LogP contribution is 2.28. The molecule has 0 radical (unpaired) electrons. The number of ether oxygens (including phenoxy) is 1. The number of rotatable bonds is 7. The van der Waals surface area contributed by atoms with Crippen molar-refractivity contribution in [2.75, 3.05) is 5.32 Å². The van der Waals surface area contributed by atoms with Crippen LogP contribution < -0.4 is 15.2 Å². The van der Waals surface area contributed by atoms with Crippen molar-refractivity contribution in [3.63, 3.8) is 0 Å². The molecule has 0 heterocycles. The largest absolute Gasteiger partial charge is 0.435 e. The average molecular weight is 461 g/mol. The maximum atomic E-state index is 12.8. The van der Waals surface area contributed by atoms with E-state index in [1.165, 1.54) is 18.2 Å². The van der Waals surface area contributed by atoms with E-state index >= 15 is 0 Å². The van der Waals surface area contributed by atoms with E-state index in [1.807, 2.05) is 30.3 Å². The van der Waals surface area contributed by atoms with Crippen LogP contribution in [0.4, 0.5) is 14.5 Å². The van der Waals surface area contributed by atoms with Gasteiger partial charge in [-0.3, -0.25) is 4.79 Å². The van der Waals surface area contributed by atoms with Crippen molar-refractivity contribution >= 4 is 21.6 Å². The van der Waals surface area contributed by atoms with Crippen LogP contribution >= 0.6 is 0 Å². The molecule has 0 unspecified atom stereocenters. The fraction of sp³-hybridized carbons (Fsp3) is 0.174. The number of hydrogen-bond acceptors (Lipinski definition) is 4. The summed E-state index contributed by atoms with van der Waals surface area (Å²) in [4.78, 5) is 12.7. The summed E-state index contributed by atoms with van der Waals surface area (Å²) in [5, 5.41) is 7.94. The lowest BCUT2D eigenvalue weighted by molar-refractivity contribution is -0.0503. The number of hydrogen-bond donors (Lipinski definition) is 2. The van der Waals surface area contributed by atoms with Crippen molar-refractivity contribution in [1.82, 2.24) is 0 Å². The van der Waals surface area contributed by atoms with Crippen LogP contribution in [-0.2, 0) is 16.4 Å². The summed E-state index contributed by atoms with van der Waals surface area (Å²) >= 11 is 0. The van der Waals surface area contributed by atoms with Crippen LogP contribution in [0.15, 0.2) is 65.6 Å². The smallest absolute Gasteiger partial charge is 0.387 e. The Bertz CT molecular complexity index is 1250. The molecule has 1 amide bonds. The van der Waals surface area contributed by atoms with Crippen molar-refractivity contribution in [1.29, 1.82) is 0 Å². The summed E-state index contributed by atoms with van der Waals surface area (Å²) in [6, 6.07) is 16.3. The molecule has 0 aliphatic carbocycles. The van der Waals surface area contributed by atoms with E-state index in [2.05, 4.69) is 10.1 Å². The SMILES string of the molecule is Cc1cc(C(=O)Nc2ccc(OC(F)F)c(Cc3ccccc3)c2)cc(S(N)(=O)=O)c1C. The lowest BCUT2D eigenvalue weighted by Crippen LogP contribution is -2.18. The number of sulfonamides is 1. The Balaban J connectivity index is 1.92. The minimum atomic E-state index is -4.01. The minimum absolute atomic E-state index is 0.00421. The molecule has 168 valence electrons. The van der Waals surface area contributed by atoms with Crippen molar-refractivity contribution in [2.45, 2.75) is 31.8 Å². The molecule has 0 bridgehead atoms. The van der Waals surface area contributed by atoms with E-state index < -0.39 is 22.5 Å². The van der Waals surface area contributed by atoms with Crippen molar-refractivity contribution < 1.29 is 26.7 Å². The van der Waals surface area contributed by atoms with Gasteiger partial charge in [0.2, 0.25) is 10.0 Å². The van der Waals surface area contributed by atoms with Gasteiger partial charge in [0.15, 0.2) is 0 Å². The first kappa shape index (κ1) is 23.4. The van der Waals surface area contributed by atoms with E-state index in [1.54, 1.807) is 26.0 Å². The van der Waals surface area contributed by atoms with Crippen LogP contribution in [0.3, 0.4) is 0 Å². The molecule has 9 heteroatoms. The van der Waals surface area contributed by atoms with Gasteiger partial charge in [0.25, 0.3) is 5.91 Å². The first-order valence-corrected chi connectivity index (χ1v) is 11.2. The topological polar surface area (TPSA) is 98.5 Å². The zero-order chi connectivity index (χ0) is 23.5. The number of benzene rings is 3. The van der Waals surface area contributed by atoms with Gasteiger partial charge >= 0.3 is 6.61 Å². The summed E-state index contributed by atoms with van der Waals surface area (Å²) in [5.41, 5.74) is 2.84. The van der Waals surface area contributed by atoms with Crippen molar-refractivity contribution in [3.8, 4) is 5.75 Å². The molecule has 3 aromatic carbocycles. The van der Waals surface area contributed by atoms with Gasteiger partial charge in [-0.15, -0.1) is 0 Å². The number of carbonyl (C=O) groups excluding carboxylic acids is 1. The zero-order valence-corrected chi connectivity index (χ0v) is 18.2. The number of anilines is 1. The summed E-state index contributed by atoms with van der Waals surface area (Å²) in [6.07, 6.45) is 0.311. The summed E-state index contributed by atoms with van der Waals surface area (Å²) in [7, 11) is -4.01. The quantitative estimate of drug-likeness (QED) is 0.546. The Kier molecular flexibility index (Phi) is 6.90. The van der Waals surface area contributed by atoms with Crippen molar-refractivity contribution in [2.24, 2.45) is 5.14 Å². The summed E-state index contributed by atoms with van der Waals surface area (Å²) < 4.78 is 54.0. The first-order valence-electron chi connectivity index (χ1n) is 9.61. The lowest BCUT2D eigenvalue weighted by atomic mass is 10.0. The van der Waals surface area contributed by atoms with Gasteiger partial charge in [0.1, 0.15) is 5.75 Å². The second kappa shape index (κ2) is 9.46. The molecule has 3 rings (SSSR count). The second-order valence-corrected chi connectivity index (χ2v) is 8.81. The number of amides is 1. The van der Waals surface area contributed by atoms with Crippen LogP contribution in [0.25, 0.3) is 0 Å². The Hall–Kier alpha value is -3.30. The Labute approximate surface area is 185 Å². The normalized spacial score (nSPS) is 11.4. The minimum Gasteiger partial charge on any atom is -0.435 e. The lowest BCUT2D eigenvalue weighted by Gasteiger charge is -2.14. The van der Waals surface area contributed by atoms with E-state index in [4.69, 9.17) is 5.14 Å². The van der Waals surface area contributed by atoms with E-state index in [-0.39, 0.29) is 16.2 Å². The molecule has 0 spiro atoms. The average Bonchev–Trinajstić information content (AvgIpc) is 2.71. The second-order valence-electron chi connectivity index (χ2n) is 7.28. The number of primary sulfonamides is 1. The molecular formula is C23H22F2N2O4S. The fourth-order valence-electron chi connectivity index (χ4n) is 3.28.